The summed E-state index contributed by atoms with van der Waals surface area (Å²) in [6, 6.07) is 158. The second kappa shape index (κ2) is 25.5. The zero-order chi connectivity index (χ0) is 67.2. The molecule has 0 amide bonds. The second-order valence-electron chi connectivity index (χ2n) is 26.6. The molecule has 0 bridgehead atoms. The highest BCUT2D eigenvalue weighted by molar-refractivity contribution is 6.13. The van der Waals surface area contributed by atoms with Crippen molar-refractivity contribution in [2.45, 2.75) is 16.2 Å². The van der Waals surface area contributed by atoms with Gasteiger partial charge in [-0.2, -0.15) is 0 Å². The van der Waals surface area contributed by atoms with Crippen molar-refractivity contribution < 1.29 is 0 Å². The van der Waals surface area contributed by atoms with Crippen LogP contribution in [0.3, 0.4) is 0 Å². The van der Waals surface area contributed by atoms with Crippen LogP contribution in [0.4, 0.5) is 0 Å². The second-order valence-corrected chi connectivity index (χ2v) is 26.6. The minimum atomic E-state index is -0.776. The van der Waals surface area contributed by atoms with Gasteiger partial charge < -0.3 is 9.13 Å². The molecular formula is C99H70N2. The summed E-state index contributed by atoms with van der Waals surface area (Å²) in [7, 11) is 0. The molecule has 0 unspecified atom stereocenters. The first-order valence-electron chi connectivity index (χ1n) is 35.0. The summed E-state index contributed by atoms with van der Waals surface area (Å²) in [6.45, 7) is 0. The van der Waals surface area contributed by atoms with E-state index in [-0.39, 0.29) is 0 Å². The van der Waals surface area contributed by atoms with E-state index in [1.165, 1.54) is 77.2 Å². The molecule has 0 saturated heterocycles. The molecular weight excluding hydrogens is 1220 g/mol. The van der Waals surface area contributed by atoms with Gasteiger partial charge >= 0.3 is 0 Å². The number of hydrogen-bond acceptors (Lipinski definition) is 0. The molecule has 16 aromatic carbocycles. The Kier molecular flexibility index (Phi) is 15.3. The fraction of sp³-hybridized carbons (Fsp3) is 0.0303. The molecule has 101 heavy (non-hydrogen) atoms. The molecule has 2 nitrogen and oxygen atoms in total. The molecule has 0 saturated carbocycles. The van der Waals surface area contributed by atoms with E-state index in [2.05, 4.69) is 434 Å². The van der Waals surface area contributed by atoms with Crippen molar-refractivity contribution in [3.05, 3.63) is 491 Å². The van der Waals surface area contributed by atoms with E-state index in [4.69, 9.17) is 0 Å². The highest BCUT2D eigenvalue weighted by Crippen LogP contribution is 2.53. The Bertz CT molecular complexity index is 5520. The van der Waals surface area contributed by atoms with Crippen molar-refractivity contribution in [1.82, 2.24) is 9.13 Å². The molecule has 18 rings (SSSR count). The summed E-state index contributed by atoms with van der Waals surface area (Å²) in [5.41, 5.74) is 23.2. The summed E-state index contributed by atoms with van der Waals surface area (Å²) in [6.07, 6.45) is 0. The maximum Gasteiger partial charge on any atom is 0.0702 e. The van der Waals surface area contributed by atoms with Crippen LogP contribution < -0.4 is 0 Å². The van der Waals surface area contributed by atoms with Crippen LogP contribution in [0.25, 0.3) is 77.2 Å². The van der Waals surface area contributed by atoms with E-state index in [0.717, 1.165) is 66.8 Å². The van der Waals surface area contributed by atoms with Gasteiger partial charge in [-0.15, -0.1) is 0 Å². The van der Waals surface area contributed by atoms with Crippen LogP contribution in [0.5, 0.6) is 0 Å². The van der Waals surface area contributed by atoms with Crippen molar-refractivity contribution in [1.29, 1.82) is 0 Å². The van der Waals surface area contributed by atoms with Crippen molar-refractivity contribution in [3.63, 3.8) is 0 Å². The van der Waals surface area contributed by atoms with Gasteiger partial charge in [0.1, 0.15) is 0 Å². The predicted octanol–water partition coefficient (Wildman–Crippen LogP) is 24.4. The summed E-state index contributed by atoms with van der Waals surface area (Å²) >= 11 is 0. The number of fused-ring (bicyclic) bond motifs is 6. The summed E-state index contributed by atoms with van der Waals surface area (Å²) in [4.78, 5) is 0. The third-order valence-corrected chi connectivity index (χ3v) is 21.3. The van der Waals surface area contributed by atoms with Gasteiger partial charge in [-0.1, -0.05) is 358 Å². The molecule has 18 aromatic rings. The first kappa shape index (κ1) is 60.5. The lowest BCUT2D eigenvalue weighted by Crippen LogP contribution is -2.34. The van der Waals surface area contributed by atoms with Crippen LogP contribution in [0.1, 0.15) is 66.8 Å². The first-order valence-corrected chi connectivity index (χ1v) is 35.0. The van der Waals surface area contributed by atoms with Crippen LogP contribution >= 0.6 is 0 Å². The Balaban J connectivity index is 0.867. The Labute approximate surface area is 590 Å². The molecule has 0 N–H and O–H groups in total. The van der Waals surface area contributed by atoms with Gasteiger partial charge in [-0.3, -0.25) is 0 Å². The van der Waals surface area contributed by atoms with Crippen molar-refractivity contribution in [3.8, 4) is 33.6 Å². The van der Waals surface area contributed by atoms with E-state index in [0.29, 0.717) is 0 Å². The Morgan fingerprint density at radius 2 is 0.376 bits per heavy atom. The van der Waals surface area contributed by atoms with Crippen molar-refractivity contribution >= 4 is 43.6 Å². The number of rotatable bonds is 16. The van der Waals surface area contributed by atoms with E-state index in [1.54, 1.807) is 0 Å². The smallest absolute Gasteiger partial charge is 0.0702 e. The number of para-hydroxylation sites is 2. The summed E-state index contributed by atoms with van der Waals surface area (Å²) in [5.74, 6) is 0. The van der Waals surface area contributed by atoms with Crippen molar-refractivity contribution in [2.75, 3.05) is 0 Å². The van der Waals surface area contributed by atoms with Gasteiger partial charge in [0.25, 0.3) is 0 Å². The average molecular weight is 1290 g/mol. The number of benzene rings is 16. The zero-order valence-electron chi connectivity index (χ0n) is 55.8. The minimum absolute atomic E-state index is 0.670. The highest BCUT2D eigenvalue weighted by atomic mass is 15.0. The standard InChI is InChI=1S/C99H70N2/c1-11-35-71(36-12-1)74-63-84(97(75-37-13-2-14-38-75,76-39-15-3-16-40-76)77-41-17-4-18-42-77)68-87(64-74)100-93-57-33-31-55-89(93)91-65-72(59-61-95(91)100)73-60-62-96-92(66-73)90-56-32-34-58-94(90)101(96)88-69-85(98(78-43-19-5-20-44-78,79-45-21-6-22-46-79)80-47-23-7-24-48-80)67-86(70-88)99(81-49-25-8-26-50-81,82-51-27-9-28-52-82)83-53-29-10-30-54-83/h1-70H. The van der Waals surface area contributed by atoms with Gasteiger partial charge in [0.2, 0.25) is 0 Å². The van der Waals surface area contributed by atoms with E-state index < -0.39 is 16.2 Å². The maximum absolute atomic E-state index is 2.54. The molecule has 2 heteroatoms. The SMILES string of the molecule is c1ccc(-c2cc(-n3c4ccccc4c4cc(-c5ccc6c(c5)c5ccccc5n6-c5cc(C(c6ccccc6)(c6ccccc6)c6ccccc6)cc(C(c6ccccc6)(c6ccccc6)c6ccccc6)c5)ccc43)cc(C(c3ccccc3)(c3ccccc3)c3ccccc3)c2)cc1. The molecule has 0 fully saturated rings. The monoisotopic (exact) mass is 1290 g/mol. The van der Waals surface area contributed by atoms with Gasteiger partial charge in [0.15, 0.2) is 0 Å². The summed E-state index contributed by atoms with van der Waals surface area (Å²) in [5, 5.41) is 4.74. The topological polar surface area (TPSA) is 9.86 Å². The molecule has 2 heterocycles. The van der Waals surface area contributed by atoms with Gasteiger partial charge in [0.05, 0.1) is 38.3 Å². The van der Waals surface area contributed by atoms with Gasteiger partial charge in [-0.25, -0.2) is 0 Å². The molecule has 0 aliphatic rings. The molecule has 0 spiro atoms. The minimum Gasteiger partial charge on any atom is -0.309 e. The van der Waals surface area contributed by atoms with Crippen molar-refractivity contribution in [2.24, 2.45) is 0 Å². The van der Waals surface area contributed by atoms with Gasteiger partial charge in [-0.05, 0) is 156 Å². The van der Waals surface area contributed by atoms with E-state index >= 15 is 0 Å². The third-order valence-electron chi connectivity index (χ3n) is 21.3. The lowest BCUT2D eigenvalue weighted by atomic mass is 9.61. The number of hydrogen-bond donors (Lipinski definition) is 0. The van der Waals surface area contributed by atoms with Crippen LogP contribution in [0, 0.1) is 0 Å². The summed E-state index contributed by atoms with van der Waals surface area (Å²) < 4.78 is 5.04. The molecule has 0 atom stereocenters. The fourth-order valence-corrected chi connectivity index (χ4v) is 17.0. The fourth-order valence-electron chi connectivity index (χ4n) is 17.0. The Hall–Kier alpha value is -12.9. The molecule has 2 aromatic heterocycles. The average Bonchev–Trinajstić information content (AvgIpc) is 0.886. The largest absolute Gasteiger partial charge is 0.309 e. The Morgan fingerprint density at radius 3 is 0.673 bits per heavy atom. The molecule has 0 aliphatic heterocycles. The molecule has 0 radical (unpaired) electrons. The lowest BCUT2D eigenvalue weighted by molar-refractivity contribution is 0.716. The van der Waals surface area contributed by atoms with Crippen LogP contribution in [-0.4, -0.2) is 9.13 Å². The number of nitrogens with zero attached hydrogens (tertiary/aromatic N) is 2. The van der Waals surface area contributed by atoms with E-state index in [9.17, 15) is 0 Å². The normalized spacial score (nSPS) is 12.0. The maximum atomic E-state index is 2.54. The van der Waals surface area contributed by atoms with Crippen LogP contribution in [0.15, 0.2) is 425 Å². The Morgan fingerprint density at radius 1 is 0.139 bits per heavy atom. The molecule has 476 valence electrons. The lowest BCUT2D eigenvalue weighted by Gasteiger charge is -2.41. The zero-order valence-corrected chi connectivity index (χ0v) is 55.8. The van der Waals surface area contributed by atoms with Crippen LogP contribution in [-0.2, 0) is 16.2 Å². The third kappa shape index (κ3) is 10.0. The quantitative estimate of drug-likeness (QED) is 0.0854. The molecule has 0 aliphatic carbocycles. The first-order chi connectivity index (χ1) is 50.1. The van der Waals surface area contributed by atoms with Crippen LogP contribution in [0.2, 0.25) is 0 Å². The van der Waals surface area contributed by atoms with E-state index in [1.807, 2.05) is 0 Å². The predicted molar refractivity (Wildman–Crippen MR) is 421 cm³/mol. The highest BCUT2D eigenvalue weighted by Gasteiger charge is 2.44. The van der Waals surface area contributed by atoms with Gasteiger partial charge in [0, 0.05) is 32.9 Å². The number of aromatic nitrogens is 2.